The fourth-order valence-corrected chi connectivity index (χ4v) is 1.73. The highest BCUT2D eigenvalue weighted by Crippen LogP contribution is 2.17. The molecule has 0 spiro atoms. The molecule has 3 rings (SSSR count). The molecular formula is C14H19N3O. The van der Waals surface area contributed by atoms with Crippen LogP contribution in [0.5, 0.6) is 0 Å². The molecule has 1 aromatic carbocycles. The molecule has 96 valence electrons. The Kier molecular flexibility index (Phi) is 5.43. The first-order valence-electron chi connectivity index (χ1n) is 6.36. The number of allylic oxidation sites excluding steroid dienone is 1. The van der Waals surface area contributed by atoms with Crippen molar-refractivity contribution in [2.45, 2.75) is 19.3 Å². The Hall–Kier alpha value is -1.65. The summed E-state index contributed by atoms with van der Waals surface area (Å²) in [7, 11) is 0. The zero-order valence-corrected chi connectivity index (χ0v) is 10.4. The van der Waals surface area contributed by atoms with Crippen LogP contribution in [-0.4, -0.2) is 19.4 Å². The molecule has 4 nitrogen and oxygen atoms in total. The Morgan fingerprint density at radius 3 is 3.06 bits per heavy atom. The van der Waals surface area contributed by atoms with E-state index in [1.54, 1.807) is 6.21 Å². The van der Waals surface area contributed by atoms with E-state index in [0.29, 0.717) is 0 Å². The Labute approximate surface area is 108 Å². The van der Waals surface area contributed by atoms with Crippen molar-refractivity contribution in [1.29, 1.82) is 0 Å². The van der Waals surface area contributed by atoms with Gasteiger partial charge in [-0.3, -0.25) is 5.43 Å². The highest BCUT2D eigenvalue weighted by molar-refractivity contribution is 5.83. The molecule has 2 N–H and O–H groups in total. The number of para-hydroxylation sites is 1. The topological polar surface area (TPSA) is 45.7 Å². The van der Waals surface area contributed by atoms with E-state index in [2.05, 4.69) is 16.0 Å². The van der Waals surface area contributed by atoms with Crippen molar-refractivity contribution in [3.63, 3.8) is 0 Å². The van der Waals surface area contributed by atoms with E-state index in [4.69, 9.17) is 4.84 Å². The third-order valence-electron chi connectivity index (χ3n) is 2.71. The van der Waals surface area contributed by atoms with Crippen LogP contribution in [0.2, 0.25) is 0 Å². The van der Waals surface area contributed by atoms with Crippen molar-refractivity contribution in [2.24, 2.45) is 5.10 Å². The molecule has 0 unspecified atom stereocenters. The molecule has 1 aromatic rings. The van der Waals surface area contributed by atoms with Gasteiger partial charge in [-0.1, -0.05) is 24.3 Å². The molecule has 0 aliphatic carbocycles. The summed E-state index contributed by atoms with van der Waals surface area (Å²) in [6.45, 7) is 1.92. The largest absolute Gasteiger partial charge is 0.302 e. The molecule has 4 heteroatoms. The summed E-state index contributed by atoms with van der Waals surface area (Å²) in [5, 5.41) is 3.95. The van der Waals surface area contributed by atoms with Crippen LogP contribution in [0.3, 0.4) is 0 Å². The molecule has 1 fully saturated rings. The van der Waals surface area contributed by atoms with Crippen molar-refractivity contribution < 1.29 is 4.84 Å². The molecule has 0 atom stereocenters. The summed E-state index contributed by atoms with van der Waals surface area (Å²) in [5.41, 5.74) is 8.00. The van der Waals surface area contributed by atoms with Gasteiger partial charge in [0.1, 0.15) is 0 Å². The Bertz CT molecular complexity index is 396. The van der Waals surface area contributed by atoms with Crippen LogP contribution in [0, 0.1) is 0 Å². The molecular weight excluding hydrogens is 226 g/mol. The van der Waals surface area contributed by atoms with Crippen LogP contribution >= 0.6 is 0 Å². The van der Waals surface area contributed by atoms with Crippen molar-refractivity contribution in [3.05, 3.63) is 35.9 Å². The Morgan fingerprint density at radius 1 is 1.11 bits per heavy atom. The van der Waals surface area contributed by atoms with Crippen molar-refractivity contribution in [2.75, 3.05) is 18.6 Å². The lowest BCUT2D eigenvalue weighted by Gasteiger charge is -2.00. The maximum atomic E-state index is 4.94. The van der Waals surface area contributed by atoms with Crippen molar-refractivity contribution in [3.8, 4) is 0 Å². The van der Waals surface area contributed by atoms with E-state index in [0.717, 1.165) is 18.8 Å². The van der Waals surface area contributed by atoms with Crippen LogP contribution in [0.25, 0.3) is 6.08 Å². The fourth-order valence-electron chi connectivity index (χ4n) is 1.73. The normalized spacial score (nSPS) is 17.6. The second-order valence-corrected chi connectivity index (χ2v) is 4.14. The third kappa shape index (κ3) is 4.31. The minimum absolute atomic E-state index is 0.889. The first kappa shape index (κ1) is 12.8. The third-order valence-corrected chi connectivity index (χ3v) is 2.71. The minimum atomic E-state index is 0.889. The number of anilines is 1. The predicted octanol–water partition coefficient (Wildman–Crippen LogP) is 2.80. The number of rotatable bonds is 0. The van der Waals surface area contributed by atoms with Gasteiger partial charge in [0.05, 0.1) is 12.3 Å². The maximum absolute atomic E-state index is 4.94. The molecule has 2 heterocycles. The zero-order chi connectivity index (χ0) is 12.5. The quantitative estimate of drug-likeness (QED) is 0.738. The first-order valence-corrected chi connectivity index (χ1v) is 6.36. The van der Waals surface area contributed by atoms with Gasteiger partial charge in [-0.15, -0.1) is 0 Å². The van der Waals surface area contributed by atoms with E-state index < -0.39 is 0 Å². The second kappa shape index (κ2) is 7.63. The Balaban J connectivity index is 0.000000149. The van der Waals surface area contributed by atoms with Crippen LogP contribution in [0.4, 0.5) is 5.69 Å². The number of hydroxylamine groups is 1. The van der Waals surface area contributed by atoms with E-state index in [-0.39, 0.29) is 0 Å². The molecule has 2 aliphatic rings. The zero-order valence-electron chi connectivity index (χ0n) is 10.4. The van der Waals surface area contributed by atoms with Gasteiger partial charge in [-0.05, 0) is 37.0 Å². The molecule has 0 saturated carbocycles. The number of hydrogen-bond donors (Lipinski definition) is 2. The number of hydrazone groups is 1. The average Bonchev–Trinajstić information content (AvgIpc) is 2.84. The second-order valence-electron chi connectivity index (χ2n) is 4.14. The maximum Gasteiger partial charge on any atom is 0.0682 e. The number of nitrogens with zero attached hydrogens (tertiary/aromatic N) is 1. The summed E-state index contributed by atoms with van der Waals surface area (Å²) >= 11 is 0. The molecule has 18 heavy (non-hydrogen) atoms. The van der Waals surface area contributed by atoms with Gasteiger partial charge >= 0.3 is 0 Å². The molecule has 1 saturated heterocycles. The van der Waals surface area contributed by atoms with Crippen LogP contribution in [0.1, 0.15) is 24.8 Å². The number of benzene rings is 1. The highest BCUT2D eigenvalue weighted by atomic mass is 16.6. The van der Waals surface area contributed by atoms with Gasteiger partial charge in [0.2, 0.25) is 0 Å². The first-order chi connectivity index (χ1) is 8.97. The SMILES string of the molecule is C1=Cc2ccccc2NN=C1.C1CCNOCC1. The molecule has 2 aliphatic heterocycles. The smallest absolute Gasteiger partial charge is 0.0682 e. The fraction of sp³-hybridized carbons (Fsp3) is 0.357. The standard InChI is InChI=1S/C9H8N2.C5H11NO/c1-2-6-9-8(4-1)5-3-7-10-11-9;1-2-4-6-7-5-3-1/h1-7,11H;6H,1-5H2. The predicted molar refractivity (Wildman–Crippen MR) is 75.4 cm³/mol. The van der Waals surface area contributed by atoms with Gasteiger partial charge in [0.15, 0.2) is 0 Å². The summed E-state index contributed by atoms with van der Waals surface area (Å²) < 4.78 is 0. The Morgan fingerprint density at radius 2 is 2.06 bits per heavy atom. The van der Waals surface area contributed by atoms with Gasteiger partial charge in [-0.2, -0.15) is 5.10 Å². The van der Waals surface area contributed by atoms with Gasteiger partial charge in [-0.25, -0.2) is 5.48 Å². The molecule has 0 radical (unpaired) electrons. The van der Waals surface area contributed by atoms with E-state index >= 15 is 0 Å². The van der Waals surface area contributed by atoms with Crippen molar-refractivity contribution >= 4 is 18.0 Å². The van der Waals surface area contributed by atoms with Crippen molar-refractivity contribution in [1.82, 2.24) is 5.48 Å². The molecule has 0 aromatic heterocycles. The average molecular weight is 245 g/mol. The lowest BCUT2D eigenvalue weighted by Crippen LogP contribution is -2.12. The van der Waals surface area contributed by atoms with Gasteiger partial charge < -0.3 is 4.84 Å². The summed E-state index contributed by atoms with van der Waals surface area (Å²) in [6.07, 6.45) is 9.47. The summed E-state index contributed by atoms with van der Waals surface area (Å²) in [4.78, 5) is 4.94. The monoisotopic (exact) mass is 245 g/mol. The van der Waals surface area contributed by atoms with Crippen LogP contribution in [0.15, 0.2) is 35.4 Å². The van der Waals surface area contributed by atoms with E-state index in [9.17, 15) is 0 Å². The van der Waals surface area contributed by atoms with E-state index in [1.165, 1.54) is 24.8 Å². The molecule has 0 bridgehead atoms. The van der Waals surface area contributed by atoms with Crippen LogP contribution in [-0.2, 0) is 4.84 Å². The minimum Gasteiger partial charge on any atom is -0.302 e. The van der Waals surface area contributed by atoms with Gasteiger partial charge in [0, 0.05) is 12.8 Å². The lowest BCUT2D eigenvalue weighted by atomic mass is 10.2. The van der Waals surface area contributed by atoms with E-state index in [1.807, 2.05) is 36.4 Å². The highest BCUT2D eigenvalue weighted by Gasteiger charge is 1.96. The summed E-state index contributed by atoms with van der Waals surface area (Å²) in [5.74, 6) is 0. The van der Waals surface area contributed by atoms with Crippen LogP contribution < -0.4 is 10.9 Å². The number of fused-ring (bicyclic) bond motifs is 1. The summed E-state index contributed by atoms with van der Waals surface area (Å²) in [6, 6.07) is 8.05. The lowest BCUT2D eigenvalue weighted by molar-refractivity contribution is 0.0525. The number of nitrogens with one attached hydrogen (secondary N) is 2. The molecule has 0 amide bonds. The van der Waals surface area contributed by atoms with Gasteiger partial charge in [0.25, 0.3) is 0 Å². The number of hydrogen-bond acceptors (Lipinski definition) is 4.